The van der Waals surface area contributed by atoms with E-state index in [4.69, 9.17) is 9.26 Å². The van der Waals surface area contributed by atoms with Crippen LogP contribution in [-0.2, 0) is 4.74 Å². The van der Waals surface area contributed by atoms with E-state index >= 15 is 0 Å². The van der Waals surface area contributed by atoms with Crippen molar-refractivity contribution < 1.29 is 9.26 Å². The van der Waals surface area contributed by atoms with Gasteiger partial charge in [-0.3, -0.25) is 4.99 Å². The summed E-state index contributed by atoms with van der Waals surface area (Å²) in [5.41, 5.74) is 2.10. The molecule has 0 aromatic carbocycles. The number of nitrogens with zero attached hydrogens (tertiary/aromatic N) is 2. The number of aliphatic imine (C=N–C) groups is 1. The van der Waals surface area contributed by atoms with Crippen molar-refractivity contribution >= 4 is 5.96 Å². The standard InChI is InChI=1S/C14H26N4O2/c1-6-15-14(16-7-8-19-5)17-9-10(2)13-11(3)18-20-12(13)4/h10H,6-9H2,1-5H3,(H2,15,16,17). The van der Waals surface area contributed by atoms with Crippen LogP contribution in [0.25, 0.3) is 0 Å². The largest absolute Gasteiger partial charge is 0.383 e. The van der Waals surface area contributed by atoms with Gasteiger partial charge in [0, 0.05) is 38.2 Å². The number of methoxy groups -OCH3 is 1. The van der Waals surface area contributed by atoms with Crippen LogP contribution in [0.3, 0.4) is 0 Å². The van der Waals surface area contributed by atoms with E-state index in [0.717, 1.165) is 36.1 Å². The van der Waals surface area contributed by atoms with Gasteiger partial charge < -0.3 is 19.9 Å². The molecular weight excluding hydrogens is 256 g/mol. The second-order valence-electron chi connectivity index (χ2n) is 4.78. The van der Waals surface area contributed by atoms with E-state index < -0.39 is 0 Å². The van der Waals surface area contributed by atoms with Crippen LogP contribution in [0.15, 0.2) is 9.52 Å². The third-order valence-corrected chi connectivity index (χ3v) is 3.05. The molecule has 6 nitrogen and oxygen atoms in total. The highest BCUT2D eigenvalue weighted by atomic mass is 16.5. The smallest absolute Gasteiger partial charge is 0.191 e. The molecule has 1 atom stereocenters. The summed E-state index contributed by atoms with van der Waals surface area (Å²) in [6, 6.07) is 0. The Morgan fingerprint density at radius 3 is 2.70 bits per heavy atom. The minimum absolute atomic E-state index is 0.277. The summed E-state index contributed by atoms with van der Waals surface area (Å²) in [7, 11) is 1.69. The average Bonchev–Trinajstić information content (AvgIpc) is 2.75. The van der Waals surface area contributed by atoms with E-state index in [1.54, 1.807) is 7.11 Å². The minimum atomic E-state index is 0.277. The molecule has 0 bridgehead atoms. The number of nitrogens with one attached hydrogen (secondary N) is 2. The van der Waals surface area contributed by atoms with Crippen molar-refractivity contribution in [1.82, 2.24) is 15.8 Å². The average molecular weight is 282 g/mol. The zero-order chi connectivity index (χ0) is 15.0. The van der Waals surface area contributed by atoms with Gasteiger partial charge in [0.05, 0.1) is 12.3 Å². The molecule has 114 valence electrons. The maximum atomic E-state index is 5.20. The van der Waals surface area contributed by atoms with Crippen LogP contribution in [0.4, 0.5) is 0 Å². The van der Waals surface area contributed by atoms with E-state index in [2.05, 4.69) is 27.7 Å². The highest BCUT2D eigenvalue weighted by molar-refractivity contribution is 5.79. The fraction of sp³-hybridized carbons (Fsp3) is 0.714. The lowest BCUT2D eigenvalue weighted by Crippen LogP contribution is -2.39. The van der Waals surface area contributed by atoms with Gasteiger partial charge in [-0.25, -0.2) is 0 Å². The van der Waals surface area contributed by atoms with Crippen molar-refractivity contribution in [3.8, 4) is 0 Å². The number of hydrogen-bond donors (Lipinski definition) is 2. The number of guanidine groups is 1. The predicted molar refractivity (Wildman–Crippen MR) is 80.2 cm³/mol. The Morgan fingerprint density at radius 1 is 1.40 bits per heavy atom. The van der Waals surface area contributed by atoms with Crippen LogP contribution in [0, 0.1) is 13.8 Å². The molecule has 1 aromatic rings. The lowest BCUT2D eigenvalue weighted by atomic mass is 10.00. The summed E-state index contributed by atoms with van der Waals surface area (Å²) >= 11 is 0. The Morgan fingerprint density at radius 2 is 2.15 bits per heavy atom. The molecule has 1 rings (SSSR count). The molecule has 0 saturated carbocycles. The molecule has 6 heteroatoms. The van der Waals surface area contributed by atoms with E-state index in [0.29, 0.717) is 13.2 Å². The molecule has 0 aliphatic carbocycles. The van der Waals surface area contributed by atoms with E-state index in [1.165, 1.54) is 0 Å². The van der Waals surface area contributed by atoms with Gasteiger partial charge in [0.15, 0.2) is 5.96 Å². The minimum Gasteiger partial charge on any atom is -0.383 e. The Kier molecular flexibility index (Phi) is 7.08. The van der Waals surface area contributed by atoms with Crippen LogP contribution < -0.4 is 10.6 Å². The summed E-state index contributed by atoms with van der Waals surface area (Å²) in [6.07, 6.45) is 0. The molecule has 0 aliphatic rings. The number of rotatable bonds is 7. The molecule has 1 heterocycles. The lowest BCUT2D eigenvalue weighted by molar-refractivity contribution is 0.203. The van der Waals surface area contributed by atoms with Gasteiger partial charge in [0.2, 0.25) is 0 Å². The van der Waals surface area contributed by atoms with Crippen LogP contribution in [0.1, 0.15) is 36.8 Å². The maximum Gasteiger partial charge on any atom is 0.191 e. The van der Waals surface area contributed by atoms with Crippen LogP contribution in [0.5, 0.6) is 0 Å². The van der Waals surface area contributed by atoms with E-state index in [1.807, 2.05) is 20.8 Å². The fourth-order valence-electron chi connectivity index (χ4n) is 2.13. The van der Waals surface area contributed by atoms with Gasteiger partial charge in [-0.2, -0.15) is 0 Å². The third kappa shape index (κ3) is 4.85. The summed E-state index contributed by atoms with van der Waals surface area (Å²) < 4.78 is 10.2. The molecule has 0 aliphatic heterocycles. The molecule has 0 saturated heterocycles. The second-order valence-corrected chi connectivity index (χ2v) is 4.78. The Hall–Kier alpha value is -1.56. The molecule has 20 heavy (non-hydrogen) atoms. The first-order valence-corrected chi connectivity index (χ1v) is 7.04. The zero-order valence-electron chi connectivity index (χ0n) is 13.1. The highest BCUT2D eigenvalue weighted by Crippen LogP contribution is 2.23. The molecule has 0 radical (unpaired) electrons. The first-order chi connectivity index (χ1) is 9.60. The second kappa shape index (κ2) is 8.58. The normalized spacial score (nSPS) is 13.3. The van der Waals surface area contributed by atoms with Crippen LogP contribution in [0.2, 0.25) is 0 Å². The summed E-state index contributed by atoms with van der Waals surface area (Å²) in [6.45, 7) is 11.0. The molecule has 0 fully saturated rings. The van der Waals surface area contributed by atoms with E-state index in [9.17, 15) is 0 Å². The molecule has 2 N–H and O–H groups in total. The number of aromatic nitrogens is 1. The number of aryl methyl sites for hydroxylation is 2. The first kappa shape index (κ1) is 16.5. The van der Waals surface area contributed by atoms with Crippen molar-refractivity contribution in [1.29, 1.82) is 0 Å². The van der Waals surface area contributed by atoms with Gasteiger partial charge in [-0.1, -0.05) is 12.1 Å². The molecule has 0 amide bonds. The van der Waals surface area contributed by atoms with Crippen LogP contribution in [-0.4, -0.2) is 44.5 Å². The Balaban J connectivity index is 2.61. The fourth-order valence-corrected chi connectivity index (χ4v) is 2.13. The van der Waals surface area contributed by atoms with Crippen LogP contribution >= 0.6 is 0 Å². The van der Waals surface area contributed by atoms with Crippen molar-refractivity contribution in [2.24, 2.45) is 4.99 Å². The Labute approximate surface area is 121 Å². The van der Waals surface area contributed by atoms with Gasteiger partial charge >= 0.3 is 0 Å². The topological polar surface area (TPSA) is 71.7 Å². The monoisotopic (exact) mass is 282 g/mol. The first-order valence-electron chi connectivity index (χ1n) is 7.04. The molecule has 1 unspecified atom stereocenters. The molecule has 0 spiro atoms. The number of hydrogen-bond acceptors (Lipinski definition) is 4. The van der Waals surface area contributed by atoms with Crippen molar-refractivity contribution in [2.75, 3.05) is 33.4 Å². The van der Waals surface area contributed by atoms with Gasteiger partial charge in [0.25, 0.3) is 0 Å². The summed E-state index contributed by atoms with van der Waals surface area (Å²) in [4.78, 5) is 4.59. The van der Waals surface area contributed by atoms with E-state index in [-0.39, 0.29) is 5.92 Å². The van der Waals surface area contributed by atoms with Crippen molar-refractivity contribution in [3.05, 3.63) is 17.0 Å². The SMILES string of the molecule is CCNC(=NCC(C)c1c(C)noc1C)NCCOC. The third-order valence-electron chi connectivity index (χ3n) is 3.05. The van der Waals surface area contributed by atoms with Gasteiger partial charge in [-0.15, -0.1) is 0 Å². The van der Waals surface area contributed by atoms with Crippen molar-refractivity contribution in [2.45, 2.75) is 33.6 Å². The summed E-state index contributed by atoms with van der Waals surface area (Å²) in [5.74, 6) is 1.96. The zero-order valence-corrected chi connectivity index (χ0v) is 13.1. The van der Waals surface area contributed by atoms with Gasteiger partial charge in [0.1, 0.15) is 5.76 Å². The quantitative estimate of drug-likeness (QED) is 0.451. The van der Waals surface area contributed by atoms with Gasteiger partial charge in [-0.05, 0) is 20.8 Å². The Bertz CT molecular complexity index is 409. The number of ether oxygens (including phenoxy) is 1. The lowest BCUT2D eigenvalue weighted by Gasteiger charge is -2.13. The van der Waals surface area contributed by atoms with Crippen molar-refractivity contribution in [3.63, 3.8) is 0 Å². The summed E-state index contributed by atoms with van der Waals surface area (Å²) in [5, 5.41) is 10.4. The predicted octanol–water partition coefficient (Wildman–Crippen LogP) is 1.60. The highest BCUT2D eigenvalue weighted by Gasteiger charge is 2.16. The molecular formula is C14H26N4O2. The maximum absolute atomic E-state index is 5.20. The molecule has 1 aromatic heterocycles.